The third-order valence-corrected chi connectivity index (χ3v) is 4.71. The molecule has 0 radical (unpaired) electrons. The average molecular weight is 380 g/mol. The van der Waals surface area contributed by atoms with E-state index in [9.17, 15) is 4.79 Å². The number of nitrogens with one attached hydrogen (secondary N) is 1. The van der Waals surface area contributed by atoms with Crippen LogP contribution in [0, 0.1) is 13.8 Å². The summed E-state index contributed by atoms with van der Waals surface area (Å²) in [5, 5.41) is 7.90. The molecule has 0 aliphatic heterocycles. The van der Waals surface area contributed by atoms with Gasteiger partial charge in [0.15, 0.2) is 5.58 Å². The number of carbonyl (C=O) groups excluding carboxylic acids is 1. The van der Waals surface area contributed by atoms with Gasteiger partial charge in [-0.05, 0) is 61.7 Å². The van der Waals surface area contributed by atoms with Gasteiger partial charge in [0.25, 0.3) is 0 Å². The van der Waals surface area contributed by atoms with Crippen molar-refractivity contribution in [1.29, 1.82) is 0 Å². The van der Waals surface area contributed by atoms with E-state index in [4.69, 9.17) is 9.26 Å². The van der Waals surface area contributed by atoms with Crippen molar-refractivity contribution >= 4 is 22.6 Å². The number of rotatable bonds is 9. The molecule has 0 bridgehead atoms. The molecule has 0 saturated heterocycles. The van der Waals surface area contributed by atoms with E-state index in [1.807, 2.05) is 50.2 Å². The van der Waals surface area contributed by atoms with Gasteiger partial charge in [0.05, 0.1) is 13.0 Å². The van der Waals surface area contributed by atoms with Crippen molar-refractivity contribution in [2.45, 2.75) is 52.9 Å². The van der Waals surface area contributed by atoms with Crippen molar-refractivity contribution in [3.8, 4) is 5.75 Å². The largest absolute Gasteiger partial charge is 0.494 e. The van der Waals surface area contributed by atoms with E-state index >= 15 is 0 Å². The third-order valence-electron chi connectivity index (χ3n) is 4.71. The van der Waals surface area contributed by atoms with Crippen LogP contribution in [0.1, 0.15) is 49.4 Å². The number of hydrogen-bond acceptors (Lipinski definition) is 4. The van der Waals surface area contributed by atoms with Gasteiger partial charge in [-0.3, -0.25) is 4.79 Å². The summed E-state index contributed by atoms with van der Waals surface area (Å²) in [4.78, 5) is 12.4. The first-order valence-electron chi connectivity index (χ1n) is 9.95. The first kappa shape index (κ1) is 19.9. The Morgan fingerprint density at radius 3 is 2.64 bits per heavy atom. The molecule has 0 fully saturated rings. The smallest absolute Gasteiger partial charge is 0.230 e. The molecule has 3 aromatic rings. The minimum absolute atomic E-state index is 0.123. The number of nitrogens with zero attached hydrogens (tertiary/aromatic N) is 1. The lowest BCUT2D eigenvalue weighted by atomic mass is 10.1. The van der Waals surface area contributed by atoms with Crippen molar-refractivity contribution in [3.05, 3.63) is 53.2 Å². The van der Waals surface area contributed by atoms with Crippen molar-refractivity contribution < 1.29 is 14.1 Å². The standard InChI is InChI=1S/C23H28N2O3/c1-4-5-6-7-12-27-19-10-8-18(9-11-19)24-22(26)15-21-20-14-16(2)13-17(3)23(20)28-25-21/h8-11,13-14H,4-7,12,15H2,1-3H3,(H,24,26). The molecule has 0 saturated carbocycles. The predicted molar refractivity (Wildman–Crippen MR) is 112 cm³/mol. The molecular formula is C23H28N2O3. The lowest BCUT2D eigenvalue weighted by Gasteiger charge is -2.08. The summed E-state index contributed by atoms with van der Waals surface area (Å²) in [7, 11) is 0. The maximum atomic E-state index is 12.4. The summed E-state index contributed by atoms with van der Waals surface area (Å²) < 4.78 is 11.2. The number of fused-ring (bicyclic) bond motifs is 1. The molecule has 0 aliphatic carbocycles. The van der Waals surface area contributed by atoms with E-state index in [0.29, 0.717) is 5.69 Å². The molecule has 3 rings (SSSR count). The quantitative estimate of drug-likeness (QED) is 0.492. The second-order valence-electron chi connectivity index (χ2n) is 7.25. The first-order valence-corrected chi connectivity index (χ1v) is 9.95. The number of aryl methyl sites for hydroxylation is 2. The highest BCUT2D eigenvalue weighted by Gasteiger charge is 2.14. The predicted octanol–water partition coefficient (Wildman–Crippen LogP) is 5.58. The molecule has 1 N–H and O–H groups in total. The van der Waals surface area contributed by atoms with Crippen LogP contribution in [-0.4, -0.2) is 17.7 Å². The summed E-state index contributed by atoms with van der Waals surface area (Å²) >= 11 is 0. The lowest BCUT2D eigenvalue weighted by Crippen LogP contribution is -2.14. The Morgan fingerprint density at radius 2 is 1.89 bits per heavy atom. The van der Waals surface area contributed by atoms with Crippen LogP contribution < -0.4 is 10.1 Å². The molecule has 28 heavy (non-hydrogen) atoms. The van der Waals surface area contributed by atoms with Gasteiger partial charge in [0, 0.05) is 11.1 Å². The Morgan fingerprint density at radius 1 is 1.11 bits per heavy atom. The topological polar surface area (TPSA) is 64.4 Å². The van der Waals surface area contributed by atoms with Crippen LogP contribution in [0.4, 0.5) is 5.69 Å². The number of ether oxygens (including phenoxy) is 1. The Balaban J connectivity index is 1.55. The first-order chi connectivity index (χ1) is 13.6. The summed E-state index contributed by atoms with van der Waals surface area (Å²) in [5.41, 5.74) is 4.29. The van der Waals surface area contributed by atoms with E-state index in [2.05, 4.69) is 17.4 Å². The zero-order valence-corrected chi connectivity index (χ0v) is 16.9. The zero-order chi connectivity index (χ0) is 19.9. The van der Waals surface area contributed by atoms with Crippen LogP contribution in [0.25, 0.3) is 11.0 Å². The number of hydrogen-bond donors (Lipinski definition) is 1. The van der Waals surface area contributed by atoms with Gasteiger partial charge in [-0.2, -0.15) is 0 Å². The van der Waals surface area contributed by atoms with Crippen LogP contribution in [-0.2, 0) is 11.2 Å². The molecule has 0 unspecified atom stereocenters. The van der Waals surface area contributed by atoms with Crippen LogP contribution in [0.5, 0.6) is 5.75 Å². The minimum atomic E-state index is -0.123. The monoisotopic (exact) mass is 380 g/mol. The lowest BCUT2D eigenvalue weighted by molar-refractivity contribution is -0.115. The maximum Gasteiger partial charge on any atom is 0.230 e. The molecule has 5 heteroatoms. The number of anilines is 1. The Hall–Kier alpha value is -2.82. The van der Waals surface area contributed by atoms with E-state index in [0.717, 1.165) is 46.6 Å². The fraction of sp³-hybridized carbons (Fsp3) is 0.391. The molecule has 1 heterocycles. The van der Waals surface area contributed by atoms with E-state index in [-0.39, 0.29) is 12.3 Å². The zero-order valence-electron chi connectivity index (χ0n) is 16.9. The molecule has 148 valence electrons. The third kappa shape index (κ3) is 5.12. The molecule has 0 spiro atoms. The number of amides is 1. The fourth-order valence-corrected chi connectivity index (χ4v) is 3.28. The summed E-state index contributed by atoms with van der Waals surface area (Å²) in [6, 6.07) is 11.5. The maximum absolute atomic E-state index is 12.4. The van der Waals surface area contributed by atoms with Crippen LogP contribution in [0.15, 0.2) is 40.9 Å². The highest BCUT2D eigenvalue weighted by Crippen LogP contribution is 2.24. The Bertz CT molecular complexity index is 929. The second-order valence-corrected chi connectivity index (χ2v) is 7.25. The SMILES string of the molecule is CCCCCCOc1ccc(NC(=O)Cc2noc3c(C)cc(C)cc23)cc1. The van der Waals surface area contributed by atoms with Gasteiger partial charge in [-0.1, -0.05) is 37.4 Å². The van der Waals surface area contributed by atoms with Crippen molar-refractivity contribution in [2.75, 3.05) is 11.9 Å². The minimum Gasteiger partial charge on any atom is -0.494 e. The van der Waals surface area contributed by atoms with Gasteiger partial charge < -0.3 is 14.6 Å². The molecule has 2 aromatic carbocycles. The Labute approximate surface area is 166 Å². The van der Waals surface area contributed by atoms with E-state index in [1.54, 1.807) is 0 Å². The van der Waals surface area contributed by atoms with Gasteiger partial charge in [-0.25, -0.2) is 0 Å². The summed E-state index contributed by atoms with van der Waals surface area (Å²) in [5.74, 6) is 0.700. The van der Waals surface area contributed by atoms with E-state index < -0.39 is 0 Å². The molecule has 0 atom stereocenters. The average Bonchev–Trinajstić information content (AvgIpc) is 3.06. The number of aromatic nitrogens is 1. The molecule has 0 aliphatic rings. The molecule has 1 amide bonds. The van der Waals surface area contributed by atoms with Gasteiger partial charge in [-0.15, -0.1) is 0 Å². The van der Waals surface area contributed by atoms with Gasteiger partial charge in [0.1, 0.15) is 11.4 Å². The van der Waals surface area contributed by atoms with Crippen molar-refractivity contribution in [2.24, 2.45) is 0 Å². The van der Waals surface area contributed by atoms with E-state index in [1.165, 1.54) is 19.3 Å². The number of carbonyl (C=O) groups is 1. The molecule has 5 nitrogen and oxygen atoms in total. The molecule has 1 aromatic heterocycles. The molecular weight excluding hydrogens is 352 g/mol. The highest BCUT2D eigenvalue weighted by atomic mass is 16.5. The normalized spacial score (nSPS) is 11.0. The highest BCUT2D eigenvalue weighted by molar-refractivity contribution is 5.95. The Kier molecular flexibility index (Phi) is 6.69. The van der Waals surface area contributed by atoms with Crippen molar-refractivity contribution in [3.63, 3.8) is 0 Å². The second kappa shape index (κ2) is 9.40. The number of unbranched alkanes of at least 4 members (excludes halogenated alkanes) is 3. The van der Waals surface area contributed by atoms with Gasteiger partial charge >= 0.3 is 0 Å². The van der Waals surface area contributed by atoms with Crippen molar-refractivity contribution in [1.82, 2.24) is 5.16 Å². The van der Waals surface area contributed by atoms with Gasteiger partial charge in [0.2, 0.25) is 5.91 Å². The summed E-state index contributed by atoms with van der Waals surface area (Å²) in [6.07, 6.45) is 4.90. The summed E-state index contributed by atoms with van der Waals surface area (Å²) in [6.45, 7) is 6.93. The van der Waals surface area contributed by atoms with Crippen LogP contribution >= 0.6 is 0 Å². The number of benzene rings is 2. The fourth-order valence-electron chi connectivity index (χ4n) is 3.28. The van der Waals surface area contributed by atoms with Crippen LogP contribution in [0.2, 0.25) is 0 Å². The van der Waals surface area contributed by atoms with Crippen LogP contribution in [0.3, 0.4) is 0 Å².